The van der Waals surface area contributed by atoms with E-state index >= 15 is 0 Å². The number of urea groups is 1. The highest BCUT2D eigenvalue weighted by molar-refractivity contribution is 6.41. The van der Waals surface area contributed by atoms with Gasteiger partial charge in [0, 0.05) is 17.9 Å². The second-order valence-electron chi connectivity index (χ2n) is 7.60. The number of nitrogens with one attached hydrogen (secondary N) is 1. The number of carbonyl (C=O) groups excluding carboxylic acids is 2. The predicted molar refractivity (Wildman–Crippen MR) is 123 cm³/mol. The Kier molecular flexibility index (Phi) is 8.24. The van der Waals surface area contributed by atoms with Crippen LogP contribution in [0.1, 0.15) is 51.0 Å². The molecule has 31 heavy (non-hydrogen) atoms. The number of nitrogens with zero attached hydrogens (tertiary/aromatic N) is 1. The van der Waals surface area contributed by atoms with Gasteiger partial charge in [0.1, 0.15) is 12.4 Å². The fourth-order valence-electron chi connectivity index (χ4n) is 3.62. The molecule has 6 nitrogen and oxygen atoms in total. The zero-order valence-corrected chi connectivity index (χ0v) is 18.0. The fourth-order valence-corrected chi connectivity index (χ4v) is 3.62. The first-order valence-electron chi connectivity index (χ1n) is 10.9. The Labute approximate surface area is 183 Å². The molecule has 0 unspecified atom stereocenters. The average Bonchev–Trinajstić information content (AvgIpc) is 3.08. The molecule has 2 N–H and O–H groups in total. The molecule has 0 aromatic heterocycles. The number of hydrogen-bond acceptors (Lipinski definition) is 4. The summed E-state index contributed by atoms with van der Waals surface area (Å²) in [6.07, 6.45) is 6.89. The van der Waals surface area contributed by atoms with Crippen molar-refractivity contribution in [2.24, 2.45) is 0 Å². The quantitative estimate of drug-likeness (QED) is 0.283. The van der Waals surface area contributed by atoms with Gasteiger partial charge in [0.25, 0.3) is 5.91 Å². The molecule has 0 radical (unpaired) electrons. The van der Waals surface area contributed by atoms with E-state index in [-0.39, 0.29) is 17.9 Å². The molecular weight excluding hydrogens is 392 g/mol. The molecule has 1 aliphatic rings. The van der Waals surface area contributed by atoms with Crippen molar-refractivity contribution in [3.63, 3.8) is 0 Å². The topological polar surface area (TPSA) is 78.9 Å². The average molecular weight is 423 g/mol. The summed E-state index contributed by atoms with van der Waals surface area (Å²) in [5, 5.41) is 13.3. The zero-order valence-electron chi connectivity index (χ0n) is 18.0. The molecule has 1 aliphatic heterocycles. The smallest absolute Gasteiger partial charge is 0.333 e. The van der Waals surface area contributed by atoms with E-state index in [4.69, 9.17) is 4.74 Å². The summed E-state index contributed by atoms with van der Waals surface area (Å²) in [7, 11) is 0. The van der Waals surface area contributed by atoms with Gasteiger partial charge in [-0.3, -0.25) is 4.79 Å². The molecule has 2 aromatic rings. The summed E-state index contributed by atoms with van der Waals surface area (Å²) in [6, 6.07) is 15.3. The molecule has 0 saturated heterocycles. The third-order valence-corrected chi connectivity index (χ3v) is 5.23. The SMILES string of the molecule is CCCCCCCCOCC(O)=C1C(=O)N(C(=O)Nc2ccccc2)c2ccccc21. The number of aliphatic hydroxyl groups excluding tert-OH is 1. The van der Waals surface area contributed by atoms with Crippen LogP contribution in [0.3, 0.4) is 0 Å². The van der Waals surface area contributed by atoms with Gasteiger partial charge in [0.2, 0.25) is 0 Å². The first-order chi connectivity index (χ1) is 15.1. The van der Waals surface area contributed by atoms with Crippen LogP contribution in [0.2, 0.25) is 0 Å². The number of fused-ring (bicyclic) bond motifs is 1. The molecule has 0 bridgehead atoms. The van der Waals surface area contributed by atoms with Crippen LogP contribution in [0.15, 0.2) is 60.4 Å². The van der Waals surface area contributed by atoms with Gasteiger partial charge in [-0.05, 0) is 24.6 Å². The summed E-state index contributed by atoms with van der Waals surface area (Å²) in [5.74, 6) is -0.714. The van der Waals surface area contributed by atoms with Crippen LogP contribution in [0.25, 0.3) is 5.57 Å². The van der Waals surface area contributed by atoms with Crippen molar-refractivity contribution in [1.82, 2.24) is 0 Å². The largest absolute Gasteiger partial charge is 0.509 e. The Morgan fingerprint density at radius 1 is 0.968 bits per heavy atom. The van der Waals surface area contributed by atoms with E-state index in [1.165, 1.54) is 25.7 Å². The van der Waals surface area contributed by atoms with Gasteiger partial charge in [-0.2, -0.15) is 0 Å². The van der Waals surface area contributed by atoms with E-state index < -0.39 is 11.9 Å². The lowest BCUT2D eigenvalue weighted by molar-refractivity contribution is -0.112. The summed E-state index contributed by atoms with van der Waals surface area (Å²) in [5.41, 5.74) is 1.67. The van der Waals surface area contributed by atoms with Crippen LogP contribution in [0.5, 0.6) is 0 Å². The van der Waals surface area contributed by atoms with Crippen molar-refractivity contribution in [2.75, 3.05) is 23.4 Å². The lowest BCUT2D eigenvalue weighted by Crippen LogP contribution is -2.37. The molecule has 0 spiro atoms. The number of anilines is 2. The maximum atomic E-state index is 13.1. The Bertz CT molecular complexity index is 924. The molecule has 2 aromatic carbocycles. The summed E-state index contributed by atoms with van der Waals surface area (Å²) in [6.45, 7) is 2.66. The number of hydrogen-bond donors (Lipinski definition) is 2. The van der Waals surface area contributed by atoms with Gasteiger partial charge in [-0.25, -0.2) is 9.69 Å². The van der Waals surface area contributed by atoms with Crippen molar-refractivity contribution in [3.05, 3.63) is 65.9 Å². The molecule has 1 heterocycles. The van der Waals surface area contributed by atoms with Gasteiger partial charge in [0.15, 0.2) is 0 Å². The number of carbonyl (C=O) groups is 2. The van der Waals surface area contributed by atoms with Gasteiger partial charge in [-0.1, -0.05) is 75.4 Å². The van der Waals surface area contributed by atoms with Crippen LogP contribution in [0.4, 0.5) is 16.2 Å². The first kappa shape index (κ1) is 22.6. The molecule has 0 saturated carbocycles. The standard InChI is InChI=1S/C25H30N2O4/c1-2-3-4-5-6-12-17-31-18-22(28)23-20-15-10-11-16-21(20)27(24(23)29)25(30)26-19-13-8-7-9-14-19/h7-11,13-16,28H,2-6,12,17-18H2,1H3,(H,26,30). The highest BCUT2D eigenvalue weighted by Gasteiger charge is 2.38. The zero-order chi connectivity index (χ0) is 22.1. The monoisotopic (exact) mass is 422 g/mol. The number of ether oxygens (including phenoxy) is 1. The maximum Gasteiger partial charge on any atom is 0.333 e. The molecule has 6 heteroatoms. The Balaban J connectivity index is 1.65. The van der Waals surface area contributed by atoms with Crippen molar-refractivity contribution in [3.8, 4) is 0 Å². The number of unbranched alkanes of at least 4 members (excludes halogenated alkanes) is 5. The lowest BCUT2D eigenvalue weighted by atomic mass is 10.1. The Morgan fingerprint density at radius 3 is 2.42 bits per heavy atom. The highest BCUT2D eigenvalue weighted by atomic mass is 16.5. The number of amides is 3. The minimum absolute atomic E-state index is 0.0570. The van der Waals surface area contributed by atoms with Gasteiger partial charge in [0.05, 0.1) is 11.3 Å². The Hall–Kier alpha value is -3.12. The van der Waals surface area contributed by atoms with Crippen molar-refractivity contribution in [1.29, 1.82) is 0 Å². The second-order valence-corrected chi connectivity index (χ2v) is 7.60. The van der Waals surface area contributed by atoms with Crippen LogP contribution < -0.4 is 10.2 Å². The maximum absolute atomic E-state index is 13.1. The van der Waals surface area contributed by atoms with Gasteiger partial charge in [-0.15, -0.1) is 0 Å². The number of rotatable bonds is 10. The molecular formula is C25H30N2O4. The summed E-state index contributed by atoms with van der Waals surface area (Å²) < 4.78 is 5.59. The van der Waals surface area contributed by atoms with E-state index in [1.807, 2.05) is 6.07 Å². The molecule has 3 amide bonds. The molecule has 0 atom stereocenters. The summed E-state index contributed by atoms with van der Waals surface area (Å²) >= 11 is 0. The van der Waals surface area contributed by atoms with Crippen LogP contribution >= 0.6 is 0 Å². The molecule has 0 aliphatic carbocycles. The van der Waals surface area contributed by atoms with Crippen LogP contribution in [0, 0.1) is 0 Å². The number of para-hydroxylation sites is 2. The number of aliphatic hydroxyl groups is 1. The number of benzene rings is 2. The minimum Gasteiger partial charge on any atom is -0.509 e. The second kappa shape index (κ2) is 11.3. The van der Waals surface area contributed by atoms with Crippen molar-refractivity contribution < 1.29 is 19.4 Å². The minimum atomic E-state index is -0.570. The third-order valence-electron chi connectivity index (χ3n) is 5.23. The van der Waals surface area contributed by atoms with Crippen molar-refractivity contribution in [2.45, 2.75) is 45.4 Å². The van der Waals surface area contributed by atoms with Crippen LogP contribution in [-0.2, 0) is 9.53 Å². The van der Waals surface area contributed by atoms with E-state index in [0.29, 0.717) is 23.5 Å². The molecule has 0 fully saturated rings. The normalized spacial score (nSPS) is 14.5. The van der Waals surface area contributed by atoms with E-state index in [9.17, 15) is 14.7 Å². The third kappa shape index (κ3) is 5.73. The molecule has 3 rings (SSSR count). The van der Waals surface area contributed by atoms with Crippen LogP contribution in [-0.4, -0.2) is 30.3 Å². The molecule has 164 valence electrons. The fraction of sp³-hybridized carbons (Fsp3) is 0.360. The van der Waals surface area contributed by atoms with E-state index in [2.05, 4.69) is 12.2 Å². The van der Waals surface area contributed by atoms with E-state index in [1.54, 1.807) is 48.5 Å². The first-order valence-corrected chi connectivity index (χ1v) is 10.9. The van der Waals surface area contributed by atoms with Gasteiger partial charge < -0.3 is 15.2 Å². The van der Waals surface area contributed by atoms with Crippen molar-refractivity contribution >= 4 is 28.9 Å². The summed E-state index contributed by atoms with van der Waals surface area (Å²) in [4.78, 5) is 26.9. The highest BCUT2D eigenvalue weighted by Crippen LogP contribution is 2.38. The van der Waals surface area contributed by atoms with E-state index in [0.717, 1.165) is 17.7 Å². The van der Waals surface area contributed by atoms with Gasteiger partial charge >= 0.3 is 6.03 Å². The number of imide groups is 1. The lowest BCUT2D eigenvalue weighted by Gasteiger charge is -2.16. The Morgan fingerprint density at radius 2 is 1.65 bits per heavy atom. The predicted octanol–water partition coefficient (Wildman–Crippen LogP) is 5.91.